The minimum Gasteiger partial charge on any atom is -0.396 e. The van der Waals surface area contributed by atoms with Crippen LogP contribution in [0.5, 0.6) is 0 Å². The minimum absolute atomic E-state index is 0.311. The van der Waals surface area contributed by atoms with Gasteiger partial charge in [0.1, 0.15) is 0 Å². The Morgan fingerprint density at radius 1 is 1.27 bits per heavy atom. The van der Waals surface area contributed by atoms with Gasteiger partial charge in [0.15, 0.2) is 0 Å². The highest BCUT2D eigenvalue weighted by Gasteiger charge is 2.05. The molecule has 0 heterocycles. The largest absolute Gasteiger partial charge is 0.396 e. The van der Waals surface area contributed by atoms with Crippen molar-refractivity contribution in [3.8, 4) is 0 Å². The highest BCUT2D eigenvalue weighted by molar-refractivity contribution is 4.59. The highest BCUT2D eigenvalue weighted by atomic mass is 16.3. The van der Waals surface area contributed by atoms with E-state index in [1.807, 2.05) is 0 Å². The lowest BCUT2D eigenvalue weighted by Gasteiger charge is -2.22. The zero-order valence-electron chi connectivity index (χ0n) is 8.17. The van der Waals surface area contributed by atoms with Crippen LogP contribution in [0.3, 0.4) is 0 Å². The molecule has 2 nitrogen and oxygen atoms in total. The van der Waals surface area contributed by atoms with E-state index in [1.54, 1.807) is 0 Å². The van der Waals surface area contributed by atoms with Crippen LogP contribution in [0.15, 0.2) is 0 Å². The molecule has 0 aliphatic rings. The maximum atomic E-state index is 8.77. The van der Waals surface area contributed by atoms with Gasteiger partial charge < -0.3 is 10.0 Å². The van der Waals surface area contributed by atoms with E-state index < -0.39 is 0 Å². The van der Waals surface area contributed by atoms with Crippen LogP contribution < -0.4 is 0 Å². The second-order valence-electron chi connectivity index (χ2n) is 3.65. The molecule has 1 atom stereocenters. The molecule has 1 unspecified atom stereocenters. The van der Waals surface area contributed by atoms with Crippen molar-refractivity contribution in [2.45, 2.75) is 33.2 Å². The Balaban J connectivity index is 3.37. The van der Waals surface area contributed by atoms with Crippen LogP contribution in [0, 0.1) is 5.92 Å². The summed E-state index contributed by atoms with van der Waals surface area (Å²) in [5.74, 6) is 0.441. The van der Waals surface area contributed by atoms with Crippen molar-refractivity contribution in [1.82, 2.24) is 4.90 Å². The Morgan fingerprint density at radius 3 is 2.18 bits per heavy atom. The van der Waals surface area contributed by atoms with E-state index in [-0.39, 0.29) is 0 Å². The number of hydrogen-bond donors (Lipinski definition) is 1. The number of aliphatic hydroxyl groups is 1. The van der Waals surface area contributed by atoms with Gasteiger partial charge in [0.25, 0.3) is 0 Å². The van der Waals surface area contributed by atoms with Gasteiger partial charge in [-0.1, -0.05) is 6.92 Å². The first-order valence-electron chi connectivity index (χ1n) is 4.39. The second-order valence-corrected chi connectivity index (χ2v) is 3.65. The Morgan fingerprint density at radius 2 is 1.82 bits per heavy atom. The Bertz CT molecular complexity index is 93.6. The minimum atomic E-state index is 0.311. The molecule has 0 aromatic rings. The molecule has 0 saturated heterocycles. The number of hydrogen-bond acceptors (Lipinski definition) is 2. The molecule has 68 valence electrons. The first-order valence-corrected chi connectivity index (χ1v) is 4.39. The molecule has 0 aliphatic carbocycles. The fourth-order valence-corrected chi connectivity index (χ4v) is 0.774. The predicted octanol–water partition coefficient (Wildman–Crippen LogP) is 1.35. The summed E-state index contributed by atoms with van der Waals surface area (Å²) in [5.41, 5.74) is 0. The molecule has 0 saturated carbocycles. The van der Waals surface area contributed by atoms with E-state index in [9.17, 15) is 0 Å². The van der Waals surface area contributed by atoms with E-state index in [0.717, 1.165) is 13.0 Å². The molecular formula is C9H21NO. The number of aliphatic hydroxyl groups excluding tert-OH is 1. The fourth-order valence-electron chi connectivity index (χ4n) is 0.774. The quantitative estimate of drug-likeness (QED) is 0.654. The van der Waals surface area contributed by atoms with E-state index >= 15 is 0 Å². The monoisotopic (exact) mass is 159 g/mol. The van der Waals surface area contributed by atoms with Crippen molar-refractivity contribution < 1.29 is 5.11 Å². The van der Waals surface area contributed by atoms with E-state index in [1.165, 1.54) is 0 Å². The summed E-state index contributed by atoms with van der Waals surface area (Å²) in [4.78, 5) is 2.30. The molecule has 0 aromatic carbocycles. The van der Waals surface area contributed by atoms with Gasteiger partial charge in [-0.15, -0.1) is 0 Å². The fraction of sp³-hybridized carbons (Fsp3) is 1.00. The molecule has 0 aromatic heterocycles. The van der Waals surface area contributed by atoms with Crippen molar-refractivity contribution in [2.24, 2.45) is 5.92 Å². The van der Waals surface area contributed by atoms with Gasteiger partial charge in [0.05, 0.1) is 0 Å². The Labute approximate surface area is 70.2 Å². The molecule has 0 aliphatic heterocycles. The predicted molar refractivity (Wildman–Crippen MR) is 48.6 cm³/mol. The molecule has 0 fully saturated rings. The average Bonchev–Trinajstić information content (AvgIpc) is 1.99. The maximum Gasteiger partial charge on any atom is 0.0457 e. The van der Waals surface area contributed by atoms with Gasteiger partial charge in [-0.05, 0) is 39.8 Å². The van der Waals surface area contributed by atoms with Crippen LogP contribution in [0.25, 0.3) is 0 Å². The van der Waals surface area contributed by atoms with Crippen molar-refractivity contribution in [3.05, 3.63) is 0 Å². The summed E-state index contributed by atoms with van der Waals surface area (Å²) < 4.78 is 0. The molecule has 0 bridgehead atoms. The third-order valence-electron chi connectivity index (χ3n) is 2.17. The van der Waals surface area contributed by atoms with Gasteiger partial charge in [0.2, 0.25) is 0 Å². The SMILES string of the molecule is CC(CO)CCN(C)C(C)C. The van der Waals surface area contributed by atoms with Gasteiger partial charge in [-0.2, -0.15) is 0 Å². The van der Waals surface area contributed by atoms with Crippen LogP contribution in [-0.4, -0.2) is 36.2 Å². The van der Waals surface area contributed by atoms with Crippen LogP contribution in [-0.2, 0) is 0 Å². The molecule has 0 amide bonds. The molecule has 0 rings (SSSR count). The second kappa shape index (κ2) is 5.56. The molecule has 0 radical (unpaired) electrons. The van der Waals surface area contributed by atoms with E-state index in [2.05, 4.69) is 32.7 Å². The van der Waals surface area contributed by atoms with Crippen molar-refractivity contribution >= 4 is 0 Å². The van der Waals surface area contributed by atoms with E-state index in [4.69, 9.17) is 5.11 Å². The molecule has 0 spiro atoms. The van der Waals surface area contributed by atoms with Crippen LogP contribution in [0.2, 0.25) is 0 Å². The molecule has 1 N–H and O–H groups in total. The standard InChI is InChI=1S/C9H21NO/c1-8(2)10(4)6-5-9(3)7-11/h8-9,11H,5-7H2,1-4H3. The van der Waals surface area contributed by atoms with Crippen LogP contribution in [0.4, 0.5) is 0 Å². The lowest BCUT2D eigenvalue weighted by atomic mass is 10.1. The summed E-state index contributed by atoms with van der Waals surface area (Å²) >= 11 is 0. The van der Waals surface area contributed by atoms with Crippen molar-refractivity contribution in [2.75, 3.05) is 20.2 Å². The summed E-state index contributed by atoms with van der Waals surface area (Å²) in [6.07, 6.45) is 1.09. The highest BCUT2D eigenvalue weighted by Crippen LogP contribution is 2.03. The zero-order valence-corrected chi connectivity index (χ0v) is 8.17. The third-order valence-corrected chi connectivity index (χ3v) is 2.17. The molecule has 11 heavy (non-hydrogen) atoms. The third kappa shape index (κ3) is 5.22. The lowest BCUT2D eigenvalue weighted by Crippen LogP contribution is -2.28. The topological polar surface area (TPSA) is 23.5 Å². The lowest BCUT2D eigenvalue weighted by molar-refractivity contribution is 0.199. The van der Waals surface area contributed by atoms with Crippen molar-refractivity contribution in [3.63, 3.8) is 0 Å². The van der Waals surface area contributed by atoms with Crippen LogP contribution in [0.1, 0.15) is 27.2 Å². The summed E-state index contributed by atoms with van der Waals surface area (Å²) in [5, 5.41) is 8.77. The summed E-state index contributed by atoms with van der Waals surface area (Å²) in [6, 6.07) is 0.612. The van der Waals surface area contributed by atoms with Gasteiger partial charge in [-0.3, -0.25) is 0 Å². The number of rotatable bonds is 5. The first-order chi connectivity index (χ1) is 5.07. The Kier molecular flexibility index (Phi) is 5.51. The van der Waals surface area contributed by atoms with E-state index in [0.29, 0.717) is 18.6 Å². The van der Waals surface area contributed by atoms with Crippen LogP contribution >= 0.6 is 0 Å². The normalized spacial score (nSPS) is 14.5. The average molecular weight is 159 g/mol. The van der Waals surface area contributed by atoms with Gasteiger partial charge >= 0.3 is 0 Å². The molecule has 2 heteroatoms. The smallest absolute Gasteiger partial charge is 0.0457 e. The summed E-state index contributed by atoms with van der Waals surface area (Å²) in [6.45, 7) is 7.84. The van der Waals surface area contributed by atoms with Gasteiger partial charge in [-0.25, -0.2) is 0 Å². The van der Waals surface area contributed by atoms with Gasteiger partial charge in [0, 0.05) is 12.6 Å². The Hall–Kier alpha value is -0.0800. The first kappa shape index (κ1) is 10.9. The summed E-state index contributed by atoms with van der Waals surface area (Å²) in [7, 11) is 2.12. The zero-order chi connectivity index (χ0) is 8.85. The maximum absolute atomic E-state index is 8.77. The molecular weight excluding hydrogens is 138 g/mol. The van der Waals surface area contributed by atoms with Crippen molar-refractivity contribution in [1.29, 1.82) is 0 Å². The number of nitrogens with zero attached hydrogens (tertiary/aromatic N) is 1.